The number of amides is 1. The lowest BCUT2D eigenvalue weighted by atomic mass is 10.1. The van der Waals surface area contributed by atoms with Crippen LogP contribution in [0, 0.1) is 0 Å². The van der Waals surface area contributed by atoms with Gasteiger partial charge in [0.25, 0.3) is 0 Å². The maximum atomic E-state index is 12.2. The molecule has 1 fully saturated rings. The maximum Gasteiger partial charge on any atom is 0.224 e. The zero-order chi connectivity index (χ0) is 13.8. The minimum Gasteiger partial charge on any atom is -0.496 e. The van der Waals surface area contributed by atoms with Crippen LogP contribution in [0.1, 0.15) is 31.7 Å². The monoisotopic (exact) mass is 262 g/mol. The van der Waals surface area contributed by atoms with Crippen LogP contribution in [0.2, 0.25) is 0 Å². The first kappa shape index (κ1) is 13.9. The van der Waals surface area contributed by atoms with E-state index in [0.29, 0.717) is 19.0 Å². The Kier molecular flexibility index (Phi) is 4.43. The maximum absolute atomic E-state index is 12.2. The summed E-state index contributed by atoms with van der Waals surface area (Å²) < 4.78 is 5.34. The lowest BCUT2D eigenvalue weighted by molar-refractivity contribution is -0.132. The van der Waals surface area contributed by atoms with E-state index < -0.39 is 0 Å². The number of para-hydroxylation sites is 1. The predicted octanol–water partition coefficient (Wildman–Crippen LogP) is 1.92. The SMILES string of the molecule is COc1ccccc1CN(C(=O)CC(C)N)C1CC1. The molecule has 1 aromatic carbocycles. The Hall–Kier alpha value is -1.55. The Balaban J connectivity index is 2.10. The van der Waals surface area contributed by atoms with Crippen LogP contribution in [0.3, 0.4) is 0 Å². The van der Waals surface area contributed by atoms with E-state index in [1.807, 2.05) is 36.1 Å². The smallest absolute Gasteiger partial charge is 0.224 e. The van der Waals surface area contributed by atoms with Gasteiger partial charge in [-0.1, -0.05) is 18.2 Å². The molecule has 1 aliphatic rings. The zero-order valence-electron chi connectivity index (χ0n) is 11.6. The highest BCUT2D eigenvalue weighted by Crippen LogP contribution is 2.30. The van der Waals surface area contributed by atoms with Crippen LogP contribution in [-0.4, -0.2) is 30.0 Å². The third-order valence-corrected chi connectivity index (χ3v) is 3.34. The van der Waals surface area contributed by atoms with Gasteiger partial charge >= 0.3 is 0 Å². The highest BCUT2D eigenvalue weighted by molar-refractivity contribution is 5.77. The van der Waals surface area contributed by atoms with Gasteiger partial charge in [0.1, 0.15) is 5.75 Å². The number of methoxy groups -OCH3 is 1. The molecule has 1 atom stereocenters. The topological polar surface area (TPSA) is 55.6 Å². The summed E-state index contributed by atoms with van der Waals surface area (Å²) in [6.07, 6.45) is 2.60. The fourth-order valence-electron chi connectivity index (χ4n) is 2.22. The molecular formula is C15H22N2O2. The Morgan fingerprint density at radius 1 is 1.47 bits per heavy atom. The Morgan fingerprint density at radius 2 is 2.16 bits per heavy atom. The summed E-state index contributed by atoms with van der Waals surface area (Å²) >= 11 is 0. The summed E-state index contributed by atoms with van der Waals surface area (Å²) in [4.78, 5) is 14.2. The molecule has 0 bridgehead atoms. The summed E-state index contributed by atoms with van der Waals surface area (Å²) in [7, 11) is 1.66. The van der Waals surface area contributed by atoms with E-state index >= 15 is 0 Å². The van der Waals surface area contributed by atoms with Crippen molar-refractivity contribution in [3.05, 3.63) is 29.8 Å². The van der Waals surface area contributed by atoms with Gasteiger partial charge in [-0.25, -0.2) is 0 Å². The summed E-state index contributed by atoms with van der Waals surface area (Å²) in [5.41, 5.74) is 6.78. The number of ether oxygens (including phenoxy) is 1. The minimum atomic E-state index is -0.0913. The summed E-state index contributed by atoms with van der Waals surface area (Å²) in [6, 6.07) is 8.14. The number of nitrogens with two attached hydrogens (primary N) is 1. The summed E-state index contributed by atoms with van der Waals surface area (Å²) in [5, 5.41) is 0. The number of nitrogens with zero attached hydrogens (tertiary/aromatic N) is 1. The van der Waals surface area contributed by atoms with Crippen LogP contribution in [0.5, 0.6) is 5.75 Å². The molecule has 2 rings (SSSR count). The third-order valence-electron chi connectivity index (χ3n) is 3.34. The molecule has 0 radical (unpaired) electrons. The first-order valence-corrected chi connectivity index (χ1v) is 6.78. The number of carbonyl (C=O) groups excluding carboxylic acids is 1. The highest BCUT2D eigenvalue weighted by atomic mass is 16.5. The van der Waals surface area contributed by atoms with Crippen LogP contribution >= 0.6 is 0 Å². The van der Waals surface area contributed by atoms with E-state index in [-0.39, 0.29) is 11.9 Å². The lowest BCUT2D eigenvalue weighted by Gasteiger charge is -2.24. The van der Waals surface area contributed by atoms with Gasteiger partial charge in [-0.2, -0.15) is 0 Å². The Bertz CT molecular complexity index is 442. The van der Waals surface area contributed by atoms with Crippen molar-refractivity contribution in [2.24, 2.45) is 5.73 Å². The van der Waals surface area contributed by atoms with Crippen LogP contribution in [0.15, 0.2) is 24.3 Å². The fourth-order valence-corrected chi connectivity index (χ4v) is 2.22. The van der Waals surface area contributed by atoms with E-state index in [4.69, 9.17) is 10.5 Å². The summed E-state index contributed by atoms with van der Waals surface area (Å²) in [5.74, 6) is 0.977. The van der Waals surface area contributed by atoms with Crippen molar-refractivity contribution in [1.29, 1.82) is 0 Å². The second-order valence-corrected chi connectivity index (χ2v) is 5.25. The van der Waals surface area contributed by atoms with Crippen molar-refractivity contribution in [2.45, 2.75) is 44.8 Å². The standard InChI is InChI=1S/C15H22N2O2/c1-11(16)9-15(18)17(13-7-8-13)10-12-5-3-4-6-14(12)19-2/h3-6,11,13H,7-10,16H2,1-2H3. The lowest BCUT2D eigenvalue weighted by Crippen LogP contribution is -2.36. The molecule has 0 aromatic heterocycles. The molecule has 1 aromatic rings. The molecule has 2 N–H and O–H groups in total. The van der Waals surface area contributed by atoms with Crippen molar-refractivity contribution in [3.8, 4) is 5.75 Å². The van der Waals surface area contributed by atoms with Gasteiger partial charge < -0.3 is 15.4 Å². The summed E-state index contributed by atoms with van der Waals surface area (Å²) in [6.45, 7) is 2.48. The quantitative estimate of drug-likeness (QED) is 0.852. The minimum absolute atomic E-state index is 0.0913. The van der Waals surface area contributed by atoms with Crippen LogP contribution in [-0.2, 0) is 11.3 Å². The van der Waals surface area contributed by atoms with E-state index in [9.17, 15) is 4.79 Å². The van der Waals surface area contributed by atoms with Gasteiger partial charge in [-0.05, 0) is 25.8 Å². The molecule has 4 heteroatoms. The van der Waals surface area contributed by atoms with E-state index in [2.05, 4.69) is 0 Å². The molecule has 4 nitrogen and oxygen atoms in total. The third kappa shape index (κ3) is 3.70. The molecule has 0 saturated heterocycles. The van der Waals surface area contributed by atoms with Gasteiger partial charge in [0.15, 0.2) is 0 Å². The average molecular weight is 262 g/mol. The van der Waals surface area contributed by atoms with Gasteiger partial charge in [0, 0.05) is 30.6 Å². The van der Waals surface area contributed by atoms with Gasteiger partial charge in [-0.3, -0.25) is 4.79 Å². The molecule has 1 amide bonds. The average Bonchev–Trinajstić information content (AvgIpc) is 3.19. The zero-order valence-corrected chi connectivity index (χ0v) is 11.6. The van der Waals surface area contributed by atoms with Crippen LogP contribution < -0.4 is 10.5 Å². The van der Waals surface area contributed by atoms with Gasteiger partial charge in [0.2, 0.25) is 5.91 Å². The van der Waals surface area contributed by atoms with E-state index in [1.165, 1.54) is 0 Å². The second-order valence-electron chi connectivity index (χ2n) is 5.25. The number of hydrogen-bond donors (Lipinski definition) is 1. The van der Waals surface area contributed by atoms with Crippen molar-refractivity contribution >= 4 is 5.91 Å². The van der Waals surface area contributed by atoms with Crippen molar-refractivity contribution < 1.29 is 9.53 Å². The highest BCUT2D eigenvalue weighted by Gasteiger charge is 2.33. The van der Waals surface area contributed by atoms with E-state index in [1.54, 1.807) is 7.11 Å². The molecule has 1 saturated carbocycles. The van der Waals surface area contributed by atoms with Crippen molar-refractivity contribution in [3.63, 3.8) is 0 Å². The van der Waals surface area contributed by atoms with Gasteiger partial charge in [-0.15, -0.1) is 0 Å². The second kappa shape index (κ2) is 6.06. The predicted molar refractivity (Wildman–Crippen MR) is 74.8 cm³/mol. The van der Waals surface area contributed by atoms with Crippen molar-refractivity contribution in [1.82, 2.24) is 4.90 Å². The van der Waals surface area contributed by atoms with Crippen LogP contribution in [0.25, 0.3) is 0 Å². The molecule has 19 heavy (non-hydrogen) atoms. The molecule has 104 valence electrons. The molecule has 0 heterocycles. The molecule has 1 unspecified atom stereocenters. The fraction of sp³-hybridized carbons (Fsp3) is 0.533. The first-order chi connectivity index (χ1) is 9.11. The number of rotatable bonds is 6. The number of benzene rings is 1. The van der Waals surface area contributed by atoms with E-state index in [0.717, 1.165) is 24.2 Å². The van der Waals surface area contributed by atoms with Crippen molar-refractivity contribution in [2.75, 3.05) is 7.11 Å². The number of hydrogen-bond acceptors (Lipinski definition) is 3. The normalized spacial score (nSPS) is 15.9. The Labute approximate surface area is 114 Å². The number of carbonyl (C=O) groups is 1. The molecule has 0 aliphatic heterocycles. The molecular weight excluding hydrogens is 240 g/mol. The Morgan fingerprint density at radius 3 is 2.74 bits per heavy atom. The molecule has 0 spiro atoms. The van der Waals surface area contributed by atoms with Gasteiger partial charge in [0.05, 0.1) is 7.11 Å². The van der Waals surface area contributed by atoms with Crippen LogP contribution in [0.4, 0.5) is 0 Å². The first-order valence-electron chi connectivity index (χ1n) is 6.78. The largest absolute Gasteiger partial charge is 0.496 e. The molecule has 1 aliphatic carbocycles.